The summed E-state index contributed by atoms with van der Waals surface area (Å²) in [7, 11) is 0. The topological polar surface area (TPSA) is 24.1 Å². The molecule has 0 aromatic heterocycles. The van der Waals surface area contributed by atoms with Crippen LogP contribution in [0.1, 0.15) is 12.8 Å². The molecule has 0 aromatic rings. The second kappa shape index (κ2) is 5.43. The molecule has 0 bridgehead atoms. The Hall–Kier alpha value is -0.220. The first kappa shape index (κ1) is 9.86. The minimum atomic E-state index is -2.22. The quantitative estimate of drug-likeness (QED) is 0.666. The van der Waals surface area contributed by atoms with Gasteiger partial charge in [-0.3, -0.25) is 0 Å². The monoisotopic (exact) mass is 178 g/mol. The largest absolute Gasteiger partial charge is 0.317 e. The van der Waals surface area contributed by atoms with Crippen molar-refractivity contribution in [2.45, 2.75) is 19.3 Å². The van der Waals surface area contributed by atoms with Crippen LogP contribution in [0.3, 0.4) is 0 Å². The zero-order valence-electron chi connectivity index (χ0n) is 7.15. The Labute approximate surface area is 71.7 Å². The van der Waals surface area contributed by atoms with E-state index < -0.39 is 6.43 Å². The molecular formula is C8H16F2N2. The van der Waals surface area contributed by atoms with E-state index in [0.717, 1.165) is 32.5 Å². The SMILES string of the molecule is FC(F)CNCC1CCNCC1. The lowest BCUT2D eigenvalue weighted by molar-refractivity contribution is 0.143. The molecule has 2 N–H and O–H groups in total. The molecule has 0 unspecified atom stereocenters. The fourth-order valence-corrected chi connectivity index (χ4v) is 1.48. The van der Waals surface area contributed by atoms with Crippen molar-refractivity contribution in [3.8, 4) is 0 Å². The summed E-state index contributed by atoms with van der Waals surface area (Å²) in [6.07, 6.45) is -0.00125. The van der Waals surface area contributed by atoms with Crippen molar-refractivity contribution in [1.82, 2.24) is 10.6 Å². The Morgan fingerprint density at radius 3 is 2.58 bits per heavy atom. The highest BCUT2D eigenvalue weighted by atomic mass is 19.3. The molecule has 0 saturated carbocycles. The molecule has 1 fully saturated rings. The maximum atomic E-state index is 11.7. The van der Waals surface area contributed by atoms with Crippen LogP contribution in [0.2, 0.25) is 0 Å². The molecule has 0 radical (unpaired) electrons. The Morgan fingerprint density at radius 2 is 2.00 bits per heavy atom. The van der Waals surface area contributed by atoms with Crippen molar-refractivity contribution in [2.75, 3.05) is 26.2 Å². The van der Waals surface area contributed by atoms with E-state index in [1.807, 2.05) is 0 Å². The van der Waals surface area contributed by atoms with Crippen LogP contribution in [-0.2, 0) is 0 Å². The van der Waals surface area contributed by atoms with Crippen LogP contribution in [0.4, 0.5) is 8.78 Å². The molecule has 0 aromatic carbocycles. The fraction of sp³-hybridized carbons (Fsp3) is 1.00. The van der Waals surface area contributed by atoms with Crippen molar-refractivity contribution in [2.24, 2.45) is 5.92 Å². The number of halogens is 2. The highest BCUT2D eigenvalue weighted by molar-refractivity contribution is 4.70. The number of rotatable bonds is 4. The summed E-state index contributed by atoms with van der Waals surface area (Å²) in [6.45, 7) is 2.64. The van der Waals surface area contributed by atoms with Crippen molar-refractivity contribution in [1.29, 1.82) is 0 Å². The molecule has 1 saturated heterocycles. The first-order chi connectivity index (χ1) is 5.79. The van der Waals surface area contributed by atoms with Crippen molar-refractivity contribution < 1.29 is 8.78 Å². The number of alkyl halides is 2. The van der Waals surface area contributed by atoms with Gasteiger partial charge in [-0.1, -0.05) is 0 Å². The zero-order valence-corrected chi connectivity index (χ0v) is 7.15. The average Bonchev–Trinajstić information content (AvgIpc) is 2.05. The molecule has 0 spiro atoms. The van der Waals surface area contributed by atoms with E-state index in [1.54, 1.807) is 0 Å². The zero-order chi connectivity index (χ0) is 8.81. The van der Waals surface area contributed by atoms with Crippen LogP contribution in [0.5, 0.6) is 0 Å². The van der Waals surface area contributed by atoms with E-state index in [1.165, 1.54) is 0 Å². The average molecular weight is 178 g/mol. The van der Waals surface area contributed by atoms with Crippen molar-refractivity contribution >= 4 is 0 Å². The normalized spacial score (nSPS) is 20.2. The lowest BCUT2D eigenvalue weighted by atomic mass is 9.98. The molecule has 2 nitrogen and oxygen atoms in total. The minimum absolute atomic E-state index is 0.163. The number of nitrogens with one attached hydrogen (secondary N) is 2. The summed E-state index contributed by atoms with van der Waals surface area (Å²) < 4.78 is 23.4. The summed E-state index contributed by atoms with van der Waals surface area (Å²) in [4.78, 5) is 0. The van der Waals surface area contributed by atoms with Crippen molar-refractivity contribution in [3.05, 3.63) is 0 Å². The summed E-state index contributed by atoms with van der Waals surface area (Å²) in [5, 5.41) is 6.01. The third-order valence-electron chi connectivity index (χ3n) is 2.19. The molecule has 1 heterocycles. The van der Waals surface area contributed by atoms with Gasteiger partial charge < -0.3 is 10.6 Å². The van der Waals surface area contributed by atoms with Crippen LogP contribution < -0.4 is 10.6 Å². The first-order valence-electron chi connectivity index (χ1n) is 4.48. The maximum Gasteiger partial charge on any atom is 0.250 e. The van der Waals surface area contributed by atoms with Gasteiger partial charge in [-0.2, -0.15) is 0 Å². The van der Waals surface area contributed by atoms with E-state index in [0.29, 0.717) is 5.92 Å². The summed E-state index contributed by atoms with van der Waals surface area (Å²) in [5.74, 6) is 0.588. The number of piperidine rings is 1. The van der Waals surface area contributed by atoms with Crippen LogP contribution >= 0.6 is 0 Å². The predicted molar refractivity (Wildman–Crippen MR) is 44.5 cm³/mol. The van der Waals surface area contributed by atoms with Crippen LogP contribution in [0, 0.1) is 5.92 Å². The molecule has 4 heteroatoms. The second-order valence-electron chi connectivity index (χ2n) is 3.24. The molecule has 1 rings (SSSR count). The van der Waals surface area contributed by atoms with Crippen LogP contribution in [0.15, 0.2) is 0 Å². The highest BCUT2D eigenvalue weighted by Gasteiger charge is 2.12. The Morgan fingerprint density at radius 1 is 1.33 bits per heavy atom. The highest BCUT2D eigenvalue weighted by Crippen LogP contribution is 2.09. The minimum Gasteiger partial charge on any atom is -0.317 e. The number of hydrogen-bond donors (Lipinski definition) is 2. The van der Waals surface area contributed by atoms with E-state index >= 15 is 0 Å². The molecule has 12 heavy (non-hydrogen) atoms. The van der Waals surface area contributed by atoms with Crippen LogP contribution in [-0.4, -0.2) is 32.6 Å². The first-order valence-corrected chi connectivity index (χ1v) is 4.48. The van der Waals surface area contributed by atoms with Crippen molar-refractivity contribution in [3.63, 3.8) is 0 Å². The van der Waals surface area contributed by atoms with E-state index in [-0.39, 0.29) is 6.54 Å². The molecule has 1 aliphatic heterocycles. The third kappa shape index (κ3) is 3.97. The van der Waals surface area contributed by atoms with Gasteiger partial charge in [0.1, 0.15) is 0 Å². The van der Waals surface area contributed by atoms with Gasteiger partial charge in [0.05, 0.1) is 6.54 Å². The summed E-state index contributed by atoms with van der Waals surface area (Å²) in [5.41, 5.74) is 0. The van der Waals surface area contributed by atoms with Gasteiger partial charge in [0.15, 0.2) is 0 Å². The van der Waals surface area contributed by atoms with Crippen LogP contribution in [0.25, 0.3) is 0 Å². The molecular weight excluding hydrogens is 162 g/mol. The van der Waals surface area contributed by atoms with Gasteiger partial charge >= 0.3 is 0 Å². The second-order valence-corrected chi connectivity index (χ2v) is 3.24. The van der Waals surface area contributed by atoms with Gasteiger partial charge in [-0.25, -0.2) is 8.78 Å². The molecule has 0 atom stereocenters. The summed E-state index contributed by atoms with van der Waals surface area (Å²) in [6, 6.07) is 0. The molecule has 0 aliphatic carbocycles. The maximum absolute atomic E-state index is 11.7. The Bertz CT molecular complexity index is 114. The Kier molecular flexibility index (Phi) is 4.46. The van der Waals surface area contributed by atoms with E-state index in [4.69, 9.17) is 0 Å². The fourth-order valence-electron chi connectivity index (χ4n) is 1.48. The smallest absolute Gasteiger partial charge is 0.250 e. The lowest BCUT2D eigenvalue weighted by Gasteiger charge is -2.22. The van der Waals surface area contributed by atoms with Gasteiger partial charge in [0.2, 0.25) is 0 Å². The molecule has 72 valence electrons. The Balaban J connectivity index is 1.98. The summed E-state index contributed by atoms with van der Waals surface area (Å²) >= 11 is 0. The van der Waals surface area contributed by atoms with E-state index in [9.17, 15) is 8.78 Å². The van der Waals surface area contributed by atoms with E-state index in [2.05, 4.69) is 10.6 Å². The molecule has 1 aliphatic rings. The van der Waals surface area contributed by atoms with Gasteiger partial charge in [0.25, 0.3) is 6.43 Å². The van der Waals surface area contributed by atoms with Gasteiger partial charge in [-0.15, -0.1) is 0 Å². The molecule has 0 amide bonds. The van der Waals surface area contributed by atoms with Gasteiger partial charge in [-0.05, 0) is 38.4 Å². The van der Waals surface area contributed by atoms with Gasteiger partial charge in [0, 0.05) is 0 Å². The standard InChI is InChI=1S/C8H16F2N2/c9-8(10)6-12-5-7-1-3-11-4-2-7/h7-8,11-12H,1-6H2. The number of hydrogen-bond acceptors (Lipinski definition) is 2. The predicted octanol–water partition coefficient (Wildman–Crippen LogP) is 0.841. The third-order valence-corrected chi connectivity index (χ3v) is 2.19. The lowest BCUT2D eigenvalue weighted by Crippen LogP contribution is -2.35.